The molecule has 0 amide bonds. The van der Waals surface area contributed by atoms with Crippen molar-refractivity contribution >= 4 is 5.69 Å². The average Bonchev–Trinajstić information content (AvgIpc) is 1.95. The van der Waals surface area contributed by atoms with Gasteiger partial charge >= 0.3 is 0 Å². The molecule has 3 heteroatoms. The van der Waals surface area contributed by atoms with Crippen LogP contribution in [0.5, 0.6) is 5.75 Å². The quantitative estimate of drug-likeness (QED) is 0.469. The molecule has 3 nitrogen and oxygen atoms in total. The fraction of sp³-hybridized carbons (Fsp3) is 0.143. The van der Waals surface area contributed by atoms with Gasteiger partial charge in [0.1, 0.15) is 5.75 Å². The summed E-state index contributed by atoms with van der Waals surface area (Å²) in [5.74, 6) is 0.761. The highest BCUT2D eigenvalue weighted by Crippen LogP contribution is 2.11. The van der Waals surface area contributed by atoms with Gasteiger partial charge in [-0.3, -0.25) is 0 Å². The van der Waals surface area contributed by atoms with E-state index in [4.69, 9.17) is 10.6 Å². The van der Waals surface area contributed by atoms with Crippen molar-refractivity contribution < 1.29 is 4.84 Å². The Morgan fingerprint density at radius 1 is 1.30 bits per heavy atom. The van der Waals surface area contributed by atoms with Crippen LogP contribution in [0.2, 0.25) is 0 Å². The molecule has 1 rings (SSSR count). The Balaban J connectivity index is 2.69. The van der Waals surface area contributed by atoms with E-state index in [0.29, 0.717) is 0 Å². The molecule has 0 saturated carbocycles. The summed E-state index contributed by atoms with van der Waals surface area (Å²) < 4.78 is 0. The molecule has 0 bridgehead atoms. The Morgan fingerprint density at radius 3 is 2.40 bits per heavy atom. The fourth-order valence-corrected chi connectivity index (χ4v) is 0.654. The smallest absolute Gasteiger partial charge is 0.147 e. The zero-order valence-corrected chi connectivity index (χ0v) is 5.79. The molecule has 1 aromatic rings. The van der Waals surface area contributed by atoms with Gasteiger partial charge in [-0.05, 0) is 24.3 Å². The summed E-state index contributed by atoms with van der Waals surface area (Å²) in [7, 11) is 1.70. The molecule has 0 fully saturated rings. The first-order valence-corrected chi connectivity index (χ1v) is 3.02. The molecular formula is C7H10N2O. The van der Waals surface area contributed by atoms with Gasteiger partial charge in [0.2, 0.25) is 0 Å². The lowest BCUT2D eigenvalue weighted by molar-refractivity contribution is 0.224. The minimum Gasteiger partial charge on any atom is -0.409 e. The third-order valence-corrected chi connectivity index (χ3v) is 1.10. The number of anilines is 1. The van der Waals surface area contributed by atoms with Gasteiger partial charge in [0.25, 0.3) is 0 Å². The minimum absolute atomic E-state index is 0.739. The number of nitrogens with two attached hydrogens (primary N) is 1. The van der Waals surface area contributed by atoms with Gasteiger partial charge in [0.05, 0.1) is 0 Å². The Bertz CT molecular complexity index is 195. The molecule has 0 saturated heterocycles. The molecule has 0 heterocycles. The van der Waals surface area contributed by atoms with Crippen LogP contribution in [0.25, 0.3) is 0 Å². The number of hydrogen-bond acceptors (Lipinski definition) is 3. The Hall–Kier alpha value is -1.22. The Morgan fingerprint density at radius 2 is 1.90 bits per heavy atom. The summed E-state index contributed by atoms with van der Waals surface area (Å²) in [4.78, 5) is 4.96. The minimum atomic E-state index is 0.739. The second-order valence-electron chi connectivity index (χ2n) is 1.88. The van der Waals surface area contributed by atoms with Crippen LogP contribution in [0.1, 0.15) is 0 Å². The Labute approximate surface area is 59.8 Å². The first-order chi connectivity index (χ1) is 4.83. The molecule has 3 N–H and O–H groups in total. The molecule has 0 unspecified atom stereocenters. The van der Waals surface area contributed by atoms with Gasteiger partial charge in [0, 0.05) is 12.7 Å². The van der Waals surface area contributed by atoms with E-state index in [0.717, 1.165) is 11.4 Å². The maximum Gasteiger partial charge on any atom is 0.147 e. The lowest BCUT2D eigenvalue weighted by Gasteiger charge is -2.01. The van der Waals surface area contributed by atoms with Crippen molar-refractivity contribution in [2.75, 3.05) is 12.8 Å². The van der Waals surface area contributed by atoms with Gasteiger partial charge < -0.3 is 10.6 Å². The van der Waals surface area contributed by atoms with Crippen molar-refractivity contribution in [1.29, 1.82) is 0 Å². The molecule has 0 atom stereocenters. The molecule has 54 valence electrons. The zero-order valence-electron chi connectivity index (χ0n) is 5.79. The summed E-state index contributed by atoms with van der Waals surface area (Å²) in [6.07, 6.45) is 0. The maximum atomic E-state index is 5.45. The number of rotatable bonds is 2. The van der Waals surface area contributed by atoms with Gasteiger partial charge in [-0.15, -0.1) is 0 Å². The van der Waals surface area contributed by atoms with Gasteiger partial charge in [-0.2, -0.15) is 5.48 Å². The molecule has 0 aliphatic heterocycles. The van der Waals surface area contributed by atoms with Crippen molar-refractivity contribution in [2.24, 2.45) is 0 Å². The van der Waals surface area contributed by atoms with E-state index in [1.807, 2.05) is 0 Å². The highest BCUT2D eigenvalue weighted by Gasteiger charge is 1.88. The number of nitrogens with one attached hydrogen (secondary N) is 1. The van der Waals surface area contributed by atoms with Crippen LogP contribution < -0.4 is 16.1 Å². The fourth-order valence-electron chi connectivity index (χ4n) is 0.654. The molecule has 0 aliphatic rings. The van der Waals surface area contributed by atoms with E-state index in [1.165, 1.54) is 0 Å². The van der Waals surface area contributed by atoms with Crippen LogP contribution in [0.15, 0.2) is 24.3 Å². The van der Waals surface area contributed by atoms with Crippen molar-refractivity contribution in [1.82, 2.24) is 5.48 Å². The van der Waals surface area contributed by atoms with Crippen LogP contribution in [-0.4, -0.2) is 7.05 Å². The first kappa shape index (κ1) is 6.89. The van der Waals surface area contributed by atoms with Crippen molar-refractivity contribution in [3.8, 4) is 5.75 Å². The largest absolute Gasteiger partial charge is 0.409 e. The summed E-state index contributed by atoms with van der Waals surface area (Å²) in [6, 6.07) is 7.16. The van der Waals surface area contributed by atoms with Crippen LogP contribution in [-0.2, 0) is 0 Å². The zero-order chi connectivity index (χ0) is 7.40. The van der Waals surface area contributed by atoms with Crippen LogP contribution in [0, 0.1) is 0 Å². The first-order valence-electron chi connectivity index (χ1n) is 3.02. The van der Waals surface area contributed by atoms with E-state index in [2.05, 4.69) is 5.48 Å². The SMILES string of the molecule is CNOc1ccc(N)cc1. The molecule has 0 radical (unpaired) electrons. The van der Waals surface area contributed by atoms with Crippen LogP contribution >= 0.6 is 0 Å². The third-order valence-electron chi connectivity index (χ3n) is 1.10. The standard InChI is InChI=1S/C7H10N2O/c1-9-10-7-4-2-6(8)3-5-7/h2-5,9H,8H2,1H3. The van der Waals surface area contributed by atoms with E-state index >= 15 is 0 Å². The van der Waals surface area contributed by atoms with E-state index in [9.17, 15) is 0 Å². The number of nitrogen functional groups attached to an aromatic ring is 1. The van der Waals surface area contributed by atoms with Crippen molar-refractivity contribution in [2.45, 2.75) is 0 Å². The normalized spacial score (nSPS) is 9.30. The lowest BCUT2D eigenvalue weighted by Crippen LogP contribution is -2.10. The van der Waals surface area contributed by atoms with Crippen molar-refractivity contribution in [3.05, 3.63) is 24.3 Å². The summed E-state index contributed by atoms with van der Waals surface area (Å²) >= 11 is 0. The summed E-state index contributed by atoms with van der Waals surface area (Å²) in [5, 5.41) is 0. The molecule has 0 aliphatic carbocycles. The van der Waals surface area contributed by atoms with E-state index in [1.54, 1.807) is 31.3 Å². The lowest BCUT2D eigenvalue weighted by atomic mass is 10.3. The van der Waals surface area contributed by atoms with Crippen LogP contribution in [0.4, 0.5) is 5.69 Å². The molecule has 0 spiro atoms. The van der Waals surface area contributed by atoms with Gasteiger partial charge in [-0.1, -0.05) is 0 Å². The third kappa shape index (κ3) is 1.63. The van der Waals surface area contributed by atoms with Gasteiger partial charge in [0.15, 0.2) is 0 Å². The summed E-state index contributed by atoms with van der Waals surface area (Å²) in [5.41, 5.74) is 8.75. The number of hydroxylamine groups is 1. The Kier molecular flexibility index (Phi) is 2.12. The molecular weight excluding hydrogens is 128 g/mol. The topological polar surface area (TPSA) is 47.3 Å². The van der Waals surface area contributed by atoms with E-state index in [-0.39, 0.29) is 0 Å². The van der Waals surface area contributed by atoms with E-state index < -0.39 is 0 Å². The predicted octanol–water partition coefficient (Wildman–Crippen LogP) is 0.782. The highest BCUT2D eigenvalue weighted by atomic mass is 16.6. The van der Waals surface area contributed by atoms with Gasteiger partial charge in [-0.25, -0.2) is 0 Å². The second-order valence-corrected chi connectivity index (χ2v) is 1.88. The monoisotopic (exact) mass is 138 g/mol. The highest BCUT2D eigenvalue weighted by molar-refractivity contribution is 5.41. The maximum absolute atomic E-state index is 5.45. The second kappa shape index (κ2) is 3.08. The number of benzene rings is 1. The number of hydrogen-bond donors (Lipinski definition) is 2. The molecule has 1 aromatic carbocycles. The predicted molar refractivity (Wildman–Crippen MR) is 40.5 cm³/mol. The van der Waals surface area contributed by atoms with Crippen molar-refractivity contribution in [3.63, 3.8) is 0 Å². The van der Waals surface area contributed by atoms with Crippen LogP contribution in [0.3, 0.4) is 0 Å². The molecule has 0 aromatic heterocycles. The average molecular weight is 138 g/mol. The summed E-state index contributed by atoms with van der Waals surface area (Å²) in [6.45, 7) is 0. The molecule has 10 heavy (non-hydrogen) atoms.